The molecule has 0 amide bonds. The van der Waals surface area contributed by atoms with Gasteiger partial charge < -0.3 is 5.11 Å². The van der Waals surface area contributed by atoms with E-state index in [1.165, 1.54) is 0 Å². The number of carboxylic acids is 1. The predicted octanol–water partition coefficient (Wildman–Crippen LogP) is 0.798. The highest BCUT2D eigenvalue weighted by atomic mass is 16.4. The average molecular weight is 141 g/mol. The first-order valence-electron chi connectivity index (χ1n) is 3.43. The van der Waals surface area contributed by atoms with E-state index >= 15 is 0 Å². The van der Waals surface area contributed by atoms with E-state index < -0.39 is 5.97 Å². The fraction of sp³-hybridized carbons (Fsp3) is 0.714. The Morgan fingerprint density at radius 2 is 2.50 bits per heavy atom. The fourth-order valence-corrected chi connectivity index (χ4v) is 1.10. The molecule has 0 fully saturated rings. The van der Waals surface area contributed by atoms with Crippen LogP contribution in [0, 0.1) is 11.8 Å². The summed E-state index contributed by atoms with van der Waals surface area (Å²) in [4.78, 5) is 14.4. The molecule has 3 nitrogen and oxygen atoms in total. The normalized spacial score (nSPS) is 32.1. The smallest absolute Gasteiger partial charge is 0.311 e. The van der Waals surface area contributed by atoms with Crippen LogP contribution in [-0.2, 0) is 4.79 Å². The summed E-state index contributed by atoms with van der Waals surface area (Å²) < 4.78 is 0. The van der Waals surface area contributed by atoms with Crippen molar-refractivity contribution >= 4 is 12.2 Å². The topological polar surface area (TPSA) is 49.7 Å². The lowest BCUT2D eigenvalue weighted by molar-refractivity contribution is -0.139. The minimum atomic E-state index is -0.754. The van der Waals surface area contributed by atoms with Crippen LogP contribution in [0.15, 0.2) is 4.99 Å². The maximum atomic E-state index is 10.4. The van der Waals surface area contributed by atoms with Crippen LogP contribution >= 0.6 is 0 Å². The molecule has 0 unspecified atom stereocenters. The van der Waals surface area contributed by atoms with E-state index in [4.69, 9.17) is 5.11 Å². The van der Waals surface area contributed by atoms with Crippen molar-refractivity contribution in [1.82, 2.24) is 0 Å². The average Bonchev–Trinajstić information content (AvgIpc) is 1.88. The number of aliphatic imine (C=N–C) groups is 1. The van der Waals surface area contributed by atoms with Gasteiger partial charge in [0, 0.05) is 12.8 Å². The van der Waals surface area contributed by atoms with Crippen molar-refractivity contribution < 1.29 is 9.90 Å². The van der Waals surface area contributed by atoms with Crippen LogP contribution in [0.4, 0.5) is 0 Å². The molecular weight excluding hydrogens is 130 g/mol. The molecule has 1 N–H and O–H groups in total. The second kappa shape index (κ2) is 2.82. The van der Waals surface area contributed by atoms with Gasteiger partial charge in [0.2, 0.25) is 0 Å². The van der Waals surface area contributed by atoms with Crippen LogP contribution in [-0.4, -0.2) is 23.8 Å². The van der Waals surface area contributed by atoms with Crippen LogP contribution < -0.4 is 0 Å². The van der Waals surface area contributed by atoms with E-state index in [0.717, 1.165) is 13.0 Å². The molecule has 0 radical (unpaired) electrons. The van der Waals surface area contributed by atoms with E-state index in [9.17, 15) is 4.79 Å². The standard InChI is InChI=1S/C7H11NO2/c1-5-2-6(7(9)10)4-8-3-5/h4-6H,2-3H2,1H3,(H,9,10)/t5-,6+/m0/s1. The zero-order chi connectivity index (χ0) is 7.56. The van der Waals surface area contributed by atoms with Gasteiger partial charge in [-0.3, -0.25) is 9.79 Å². The van der Waals surface area contributed by atoms with Crippen LogP contribution in [0.2, 0.25) is 0 Å². The zero-order valence-corrected chi connectivity index (χ0v) is 5.95. The van der Waals surface area contributed by atoms with Gasteiger partial charge in [-0.1, -0.05) is 6.92 Å². The number of carbonyl (C=O) groups is 1. The molecule has 2 atom stereocenters. The highest BCUT2D eigenvalue weighted by Gasteiger charge is 2.20. The van der Waals surface area contributed by atoms with E-state index in [1.54, 1.807) is 6.21 Å². The molecule has 56 valence electrons. The summed E-state index contributed by atoms with van der Waals surface area (Å²) in [6.45, 7) is 2.80. The molecule has 1 rings (SSSR count). The predicted molar refractivity (Wildman–Crippen MR) is 38.3 cm³/mol. The molecule has 3 heteroatoms. The fourth-order valence-electron chi connectivity index (χ4n) is 1.10. The van der Waals surface area contributed by atoms with E-state index in [2.05, 4.69) is 4.99 Å². The molecular formula is C7H11NO2. The molecule has 10 heavy (non-hydrogen) atoms. The number of hydrogen-bond acceptors (Lipinski definition) is 2. The van der Waals surface area contributed by atoms with Gasteiger partial charge in [0.1, 0.15) is 0 Å². The number of hydrogen-bond donors (Lipinski definition) is 1. The van der Waals surface area contributed by atoms with Gasteiger partial charge in [0.05, 0.1) is 5.92 Å². The van der Waals surface area contributed by atoms with Crippen molar-refractivity contribution in [2.24, 2.45) is 16.8 Å². The van der Waals surface area contributed by atoms with Crippen molar-refractivity contribution in [2.75, 3.05) is 6.54 Å². The maximum absolute atomic E-state index is 10.4. The summed E-state index contributed by atoms with van der Waals surface area (Å²) in [7, 11) is 0. The van der Waals surface area contributed by atoms with E-state index in [1.807, 2.05) is 6.92 Å². The Kier molecular flexibility index (Phi) is 2.04. The van der Waals surface area contributed by atoms with Crippen molar-refractivity contribution in [3.63, 3.8) is 0 Å². The van der Waals surface area contributed by atoms with Gasteiger partial charge in [0.25, 0.3) is 0 Å². The van der Waals surface area contributed by atoms with Crippen LogP contribution in [0.1, 0.15) is 13.3 Å². The van der Waals surface area contributed by atoms with E-state index in [0.29, 0.717) is 5.92 Å². The zero-order valence-electron chi connectivity index (χ0n) is 5.95. The van der Waals surface area contributed by atoms with Gasteiger partial charge in [-0.05, 0) is 12.3 Å². The summed E-state index contributed by atoms with van der Waals surface area (Å²) in [6, 6.07) is 0. The molecule has 1 aliphatic heterocycles. The minimum Gasteiger partial charge on any atom is -0.481 e. The monoisotopic (exact) mass is 141 g/mol. The van der Waals surface area contributed by atoms with Crippen LogP contribution in [0.25, 0.3) is 0 Å². The van der Waals surface area contributed by atoms with Crippen LogP contribution in [0.5, 0.6) is 0 Å². The second-order valence-electron chi connectivity index (χ2n) is 2.80. The Morgan fingerprint density at radius 1 is 1.80 bits per heavy atom. The van der Waals surface area contributed by atoms with Gasteiger partial charge in [0.15, 0.2) is 0 Å². The van der Waals surface area contributed by atoms with Gasteiger partial charge in [-0.25, -0.2) is 0 Å². The minimum absolute atomic E-state index is 0.344. The van der Waals surface area contributed by atoms with Crippen molar-refractivity contribution in [1.29, 1.82) is 0 Å². The Balaban J connectivity index is 2.55. The van der Waals surface area contributed by atoms with Crippen LogP contribution in [0.3, 0.4) is 0 Å². The van der Waals surface area contributed by atoms with E-state index in [-0.39, 0.29) is 5.92 Å². The molecule has 0 spiro atoms. The molecule has 1 heterocycles. The first kappa shape index (κ1) is 7.25. The summed E-state index contributed by atoms with van der Waals surface area (Å²) in [5, 5.41) is 8.56. The van der Waals surface area contributed by atoms with Gasteiger partial charge in [-0.15, -0.1) is 0 Å². The van der Waals surface area contributed by atoms with Crippen molar-refractivity contribution in [2.45, 2.75) is 13.3 Å². The number of aliphatic carboxylic acids is 1. The Morgan fingerprint density at radius 3 is 2.90 bits per heavy atom. The lowest BCUT2D eigenvalue weighted by atomic mass is 9.94. The van der Waals surface area contributed by atoms with Crippen molar-refractivity contribution in [3.8, 4) is 0 Å². The Labute approximate surface area is 59.8 Å². The molecule has 0 aromatic heterocycles. The summed E-state index contributed by atoms with van der Waals surface area (Å²) in [5.41, 5.74) is 0. The van der Waals surface area contributed by atoms with Gasteiger partial charge >= 0.3 is 5.97 Å². The lowest BCUT2D eigenvalue weighted by Crippen LogP contribution is -2.23. The highest BCUT2D eigenvalue weighted by molar-refractivity contribution is 5.88. The van der Waals surface area contributed by atoms with Gasteiger partial charge in [-0.2, -0.15) is 0 Å². The first-order chi connectivity index (χ1) is 4.70. The molecule has 0 aliphatic carbocycles. The first-order valence-corrected chi connectivity index (χ1v) is 3.43. The molecule has 0 aromatic carbocycles. The quantitative estimate of drug-likeness (QED) is 0.587. The number of nitrogens with zero attached hydrogens (tertiary/aromatic N) is 1. The molecule has 0 aromatic rings. The number of carboxylic acid groups (broad SMARTS) is 1. The summed E-state index contributed by atoms with van der Waals surface area (Å²) in [6.07, 6.45) is 2.28. The third-order valence-electron chi connectivity index (χ3n) is 1.68. The third kappa shape index (κ3) is 1.56. The molecule has 0 saturated heterocycles. The highest BCUT2D eigenvalue weighted by Crippen LogP contribution is 2.15. The third-order valence-corrected chi connectivity index (χ3v) is 1.68. The molecule has 1 aliphatic rings. The Bertz CT molecular complexity index is 165. The number of rotatable bonds is 1. The molecule has 0 bridgehead atoms. The molecule has 0 saturated carbocycles. The second-order valence-corrected chi connectivity index (χ2v) is 2.80. The summed E-state index contributed by atoms with van der Waals surface area (Å²) >= 11 is 0. The Hall–Kier alpha value is -0.860. The SMILES string of the molecule is C[C@@H]1CN=C[C@H](C(=O)O)C1. The largest absolute Gasteiger partial charge is 0.481 e. The van der Waals surface area contributed by atoms with Crippen molar-refractivity contribution in [3.05, 3.63) is 0 Å². The maximum Gasteiger partial charge on any atom is 0.311 e. The summed E-state index contributed by atoms with van der Waals surface area (Å²) in [5.74, 6) is -0.676. The lowest BCUT2D eigenvalue weighted by Gasteiger charge is -2.16.